The van der Waals surface area contributed by atoms with Crippen LogP contribution < -0.4 is 10.6 Å². The molecule has 144 valence electrons. The molecule has 0 aliphatic carbocycles. The van der Waals surface area contributed by atoms with Gasteiger partial charge in [-0.2, -0.15) is 0 Å². The van der Waals surface area contributed by atoms with E-state index >= 15 is 0 Å². The highest BCUT2D eigenvalue weighted by Gasteiger charge is 2.43. The molecule has 1 fully saturated rings. The second-order valence-corrected chi connectivity index (χ2v) is 8.12. The summed E-state index contributed by atoms with van der Waals surface area (Å²) >= 11 is 0. The summed E-state index contributed by atoms with van der Waals surface area (Å²) in [7, 11) is 1.74. The highest BCUT2D eigenvalue weighted by Crippen LogP contribution is 2.26. The molecule has 6 heteroatoms. The SMILES string of the molecule is CN[C@H](C(=O)N1C[C@H](O)C[C@H]1C(=O)N[C@@H](C)c1ccccc1)C(C)(C)C. The summed E-state index contributed by atoms with van der Waals surface area (Å²) in [6.45, 7) is 8.03. The molecular formula is C20H31N3O3. The summed E-state index contributed by atoms with van der Waals surface area (Å²) in [6.07, 6.45) is -0.418. The van der Waals surface area contributed by atoms with Crippen molar-refractivity contribution < 1.29 is 14.7 Å². The molecule has 1 aliphatic rings. The van der Waals surface area contributed by atoms with Gasteiger partial charge in [0.05, 0.1) is 18.2 Å². The Morgan fingerprint density at radius 1 is 1.23 bits per heavy atom. The minimum absolute atomic E-state index is 0.149. The lowest BCUT2D eigenvalue weighted by Crippen LogP contribution is -2.56. The summed E-state index contributed by atoms with van der Waals surface area (Å²) in [6, 6.07) is 8.44. The van der Waals surface area contributed by atoms with Crippen molar-refractivity contribution in [1.82, 2.24) is 15.5 Å². The quantitative estimate of drug-likeness (QED) is 0.742. The molecule has 2 rings (SSSR count). The molecule has 4 atom stereocenters. The first-order chi connectivity index (χ1) is 12.1. The predicted octanol–water partition coefficient (Wildman–Crippen LogP) is 1.46. The zero-order chi connectivity index (χ0) is 19.5. The minimum atomic E-state index is -0.681. The fourth-order valence-electron chi connectivity index (χ4n) is 3.53. The van der Waals surface area contributed by atoms with E-state index in [2.05, 4.69) is 10.6 Å². The molecule has 0 unspecified atom stereocenters. The Morgan fingerprint density at radius 3 is 2.38 bits per heavy atom. The van der Waals surface area contributed by atoms with E-state index in [0.717, 1.165) is 5.56 Å². The highest BCUT2D eigenvalue weighted by molar-refractivity contribution is 5.91. The van der Waals surface area contributed by atoms with Crippen molar-refractivity contribution in [2.75, 3.05) is 13.6 Å². The van der Waals surface area contributed by atoms with Crippen molar-refractivity contribution in [1.29, 1.82) is 0 Å². The van der Waals surface area contributed by atoms with Crippen molar-refractivity contribution in [3.8, 4) is 0 Å². The molecule has 26 heavy (non-hydrogen) atoms. The number of aliphatic hydroxyl groups excluding tert-OH is 1. The Morgan fingerprint density at radius 2 is 1.85 bits per heavy atom. The molecule has 1 aliphatic heterocycles. The Balaban J connectivity index is 2.13. The number of likely N-dealkylation sites (tertiary alicyclic amines) is 1. The first kappa shape index (κ1) is 20.4. The molecule has 0 aromatic heterocycles. The molecule has 3 N–H and O–H groups in total. The topological polar surface area (TPSA) is 81.7 Å². The molecule has 0 bridgehead atoms. The van der Waals surface area contributed by atoms with Crippen molar-refractivity contribution in [2.24, 2.45) is 5.41 Å². The third-order valence-electron chi connectivity index (χ3n) is 4.92. The lowest BCUT2D eigenvalue weighted by Gasteiger charge is -2.34. The van der Waals surface area contributed by atoms with Gasteiger partial charge in [0, 0.05) is 13.0 Å². The van der Waals surface area contributed by atoms with E-state index in [0.29, 0.717) is 0 Å². The maximum atomic E-state index is 13.0. The fourth-order valence-corrected chi connectivity index (χ4v) is 3.53. The maximum Gasteiger partial charge on any atom is 0.243 e. The third-order valence-corrected chi connectivity index (χ3v) is 4.92. The van der Waals surface area contributed by atoms with Gasteiger partial charge in [-0.05, 0) is 24.9 Å². The van der Waals surface area contributed by atoms with Crippen molar-refractivity contribution in [2.45, 2.75) is 58.3 Å². The van der Waals surface area contributed by atoms with Crippen molar-refractivity contribution >= 4 is 11.8 Å². The number of amides is 2. The maximum absolute atomic E-state index is 13.0. The lowest BCUT2D eigenvalue weighted by molar-refractivity contribution is -0.142. The minimum Gasteiger partial charge on any atom is -0.391 e. The van der Waals surface area contributed by atoms with Crippen LogP contribution in [0.2, 0.25) is 0 Å². The summed E-state index contributed by atoms with van der Waals surface area (Å²) in [5.74, 6) is -0.376. The van der Waals surface area contributed by atoms with E-state index < -0.39 is 18.2 Å². The number of aliphatic hydroxyl groups is 1. The van der Waals surface area contributed by atoms with Crippen LogP contribution in [0.15, 0.2) is 30.3 Å². The Bertz CT molecular complexity index is 627. The fraction of sp³-hybridized carbons (Fsp3) is 0.600. The van der Waals surface area contributed by atoms with Gasteiger partial charge in [-0.3, -0.25) is 9.59 Å². The van der Waals surface area contributed by atoms with Crippen LogP contribution in [0, 0.1) is 5.41 Å². The van der Waals surface area contributed by atoms with Crippen LogP contribution in [-0.4, -0.2) is 53.6 Å². The summed E-state index contributed by atoms with van der Waals surface area (Å²) in [5, 5.41) is 16.1. The van der Waals surface area contributed by atoms with Crippen LogP contribution in [0.1, 0.15) is 45.7 Å². The van der Waals surface area contributed by atoms with Crippen LogP contribution in [-0.2, 0) is 9.59 Å². The number of carbonyl (C=O) groups is 2. The Kier molecular flexibility index (Phi) is 6.42. The first-order valence-electron chi connectivity index (χ1n) is 9.16. The smallest absolute Gasteiger partial charge is 0.243 e. The third kappa shape index (κ3) is 4.62. The van der Waals surface area contributed by atoms with Crippen LogP contribution in [0.5, 0.6) is 0 Å². The van der Waals surface area contributed by atoms with Crippen molar-refractivity contribution in [3.05, 3.63) is 35.9 Å². The van der Waals surface area contributed by atoms with Gasteiger partial charge >= 0.3 is 0 Å². The van der Waals surface area contributed by atoms with Crippen LogP contribution >= 0.6 is 0 Å². The molecule has 1 aromatic carbocycles. The summed E-state index contributed by atoms with van der Waals surface area (Å²) in [4.78, 5) is 27.3. The number of nitrogens with zero attached hydrogens (tertiary/aromatic N) is 1. The van der Waals surface area contributed by atoms with Gasteiger partial charge in [-0.25, -0.2) is 0 Å². The van der Waals surface area contributed by atoms with E-state index in [4.69, 9.17) is 0 Å². The van der Waals surface area contributed by atoms with E-state index in [1.165, 1.54) is 4.90 Å². The van der Waals surface area contributed by atoms with Crippen LogP contribution in [0.4, 0.5) is 0 Å². The molecule has 6 nitrogen and oxygen atoms in total. The average Bonchev–Trinajstić information content (AvgIpc) is 2.97. The standard InChI is InChI=1S/C20H31N3O3/c1-13(14-9-7-6-8-10-14)22-18(25)16-11-15(24)12-23(16)19(26)17(21-5)20(2,3)4/h6-10,13,15-17,21,24H,11-12H2,1-5H3,(H,22,25)/t13-,15+,16-,17+/m0/s1. The number of likely N-dealkylation sites (N-methyl/N-ethyl adjacent to an activating group) is 1. The Hall–Kier alpha value is -1.92. The zero-order valence-electron chi connectivity index (χ0n) is 16.3. The van der Waals surface area contributed by atoms with Gasteiger partial charge in [0.1, 0.15) is 6.04 Å². The number of hydrogen-bond donors (Lipinski definition) is 3. The number of β-amino-alcohol motifs (C(OH)–C–C–N with tert-alkyl or cyclic N) is 1. The van der Waals surface area contributed by atoms with Crippen molar-refractivity contribution in [3.63, 3.8) is 0 Å². The van der Waals surface area contributed by atoms with E-state index in [1.54, 1.807) is 7.05 Å². The van der Waals surface area contributed by atoms with Gasteiger partial charge in [-0.1, -0.05) is 51.1 Å². The molecule has 1 heterocycles. The number of rotatable bonds is 5. The molecule has 0 saturated carbocycles. The van der Waals surface area contributed by atoms with E-state index in [-0.39, 0.29) is 36.2 Å². The largest absolute Gasteiger partial charge is 0.391 e. The molecule has 1 aromatic rings. The summed E-state index contributed by atoms with van der Waals surface area (Å²) < 4.78 is 0. The molecule has 0 spiro atoms. The number of benzene rings is 1. The average molecular weight is 361 g/mol. The van der Waals surface area contributed by atoms with Crippen LogP contribution in [0.25, 0.3) is 0 Å². The molecule has 2 amide bonds. The van der Waals surface area contributed by atoms with Gasteiger partial charge < -0.3 is 20.6 Å². The highest BCUT2D eigenvalue weighted by atomic mass is 16.3. The molecule has 1 saturated heterocycles. The predicted molar refractivity (Wildman–Crippen MR) is 101 cm³/mol. The number of nitrogens with one attached hydrogen (secondary N) is 2. The molecular weight excluding hydrogens is 330 g/mol. The lowest BCUT2D eigenvalue weighted by atomic mass is 9.86. The van der Waals surface area contributed by atoms with Gasteiger partial charge in [0.25, 0.3) is 0 Å². The van der Waals surface area contributed by atoms with Gasteiger partial charge in [-0.15, -0.1) is 0 Å². The second kappa shape index (κ2) is 8.18. The monoisotopic (exact) mass is 361 g/mol. The van der Waals surface area contributed by atoms with E-state index in [9.17, 15) is 14.7 Å². The normalized spacial score (nSPS) is 22.8. The van der Waals surface area contributed by atoms with Gasteiger partial charge in [0.2, 0.25) is 11.8 Å². The Labute approximate surface area is 156 Å². The zero-order valence-corrected chi connectivity index (χ0v) is 16.3. The number of hydrogen-bond acceptors (Lipinski definition) is 4. The van der Waals surface area contributed by atoms with E-state index in [1.807, 2.05) is 58.0 Å². The number of carbonyl (C=O) groups excluding carboxylic acids is 2. The summed E-state index contributed by atoms with van der Waals surface area (Å²) in [5.41, 5.74) is 0.706. The van der Waals surface area contributed by atoms with Crippen LogP contribution in [0.3, 0.4) is 0 Å². The first-order valence-corrected chi connectivity index (χ1v) is 9.16. The second-order valence-electron chi connectivity index (χ2n) is 8.12. The van der Waals surface area contributed by atoms with Gasteiger partial charge in [0.15, 0.2) is 0 Å². The molecule has 0 radical (unpaired) electrons.